The first-order valence-corrected chi connectivity index (χ1v) is 5.47. The molecular weight excluding hydrogens is 212 g/mol. The monoisotopic (exact) mass is 226 g/mol. The van der Waals surface area contributed by atoms with Gasteiger partial charge in [-0.05, 0) is 25.1 Å². The normalized spacial score (nSPS) is 12.1. The van der Waals surface area contributed by atoms with E-state index in [2.05, 4.69) is 11.1 Å². The number of pyridine rings is 1. The van der Waals surface area contributed by atoms with Crippen LogP contribution in [-0.4, -0.2) is 9.55 Å². The van der Waals surface area contributed by atoms with E-state index in [0.29, 0.717) is 12.2 Å². The van der Waals surface area contributed by atoms with Crippen molar-refractivity contribution < 1.29 is 0 Å². The van der Waals surface area contributed by atoms with Gasteiger partial charge in [0, 0.05) is 29.7 Å². The predicted octanol–water partition coefficient (Wildman–Crippen LogP) is 1.82. The molecule has 2 aromatic rings. The Labute approximate surface area is 100 Å². The molecule has 0 aliphatic rings. The minimum absolute atomic E-state index is 0.0211. The maximum absolute atomic E-state index is 8.98. The lowest BCUT2D eigenvalue weighted by molar-refractivity contribution is 0.673. The summed E-state index contributed by atoms with van der Waals surface area (Å²) in [6, 6.07) is 9.78. The van der Waals surface area contributed by atoms with Crippen LogP contribution >= 0.6 is 0 Å². The van der Waals surface area contributed by atoms with E-state index in [1.165, 1.54) is 0 Å². The Morgan fingerprint density at radius 2 is 2.29 bits per heavy atom. The molecule has 1 atom stereocenters. The molecule has 4 nitrogen and oxygen atoms in total. The number of nitriles is 1. The van der Waals surface area contributed by atoms with E-state index in [-0.39, 0.29) is 6.04 Å². The second kappa shape index (κ2) is 4.81. The van der Waals surface area contributed by atoms with Crippen molar-refractivity contribution in [2.24, 2.45) is 5.73 Å². The second-order valence-corrected chi connectivity index (χ2v) is 3.97. The fourth-order valence-corrected chi connectivity index (χ4v) is 1.84. The molecule has 17 heavy (non-hydrogen) atoms. The van der Waals surface area contributed by atoms with Crippen molar-refractivity contribution >= 4 is 0 Å². The van der Waals surface area contributed by atoms with E-state index >= 15 is 0 Å². The van der Waals surface area contributed by atoms with Gasteiger partial charge in [-0.25, -0.2) is 4.98 Å². The van der Waals surface area contributed by atoms with E-state index in [9.17, 15) is 0 Å². The molecule has 1 unspecified atom stereocenters. The SMILES string of the molecule is CC(N)c1cccn1Cc1cccnc1C#N. The minimum atomic E-state index is -0.0211. The van der Waals surface area contributed by atoms with Gasteiger partial charge in [-0.15, -0.1) is 0 Å². The van der Waals surface area contributed by atoms with Gasteiger partial charge >= 0.3 is 0 Å². The Morgan fingerprint density at radius 3 is 3.00 bits per heavy atom. The Balaban J connectivity index is 2.32. The van der Waals surface area contributed by atoms with Crippen LogP contribution in [0.15, 0.2) is 36.7 Å². The van der Waals surface area contributed by atoms with E-state index in [1.54, 1.807) is 6.20 Å². The lowest BCUT2D eigenvalue weighted by Gasteiger charge is -2.12. The zero-order valence-electron chi connectivity index (χ0n) is 9.67. The van der Waals surface area contributed by atoms with Crippen LogP contribution in [0.5, 0.6) is 0 Å². The maximum atomic E-state index is 8.98. The molecule has 0 fully saturated rings. The van der Waals surface area contributed by atoms with Gasteiger partial charge in [0.2, 0.25) is 0 Å². The molecule has 0 aliphatic heterocycles. The fraction of sp³-hybridized carbons (Fsp3) is 0.231. The lowest BCUT2D eigenvalue weighted by atomic mass is 10.2. The van der Waals surface area contributed by atoms with E-state index in [4.69, 9.17) is 11.0 Å². The third-order valence-corrected chi connectivity index (χ3v) is 2.67. The predicted molar refractivity (Wildman–Crippen MR) is 65.1 cm³/mol. The highest BCUT2D eigenvalue weighted by atomic mass is 15.0. The minimum Gasteiger partial charge on any atom is -0.345 e. The molecule has 0 radical (unpaired) electrons. The average molecular weight is 226 g/mol. The molecule has 2 aromatic heterocycles. The largest absolute Gasteiger partial charge is 0.345 e. The van der Waals surface area contributed by atoms with Crippen molar-refractivity contribution in [1.82, 2.24) is 9.55 Å². The summed E-state index contributed by atoms with van der Waals surface area (Å²) in [4.78, 5) is 4.05. The Bertz CT molecular complexity index is 549. The Kier molecular flexibility index (Phi) is 3.22. The lowest BCUT2D eigenvalue weighted by Crippen LogP contribution is -2.13. The van der Waals surface area contributed by atoms with Crippen molar-refractivity contribution in [3.63, 3.8) is 0 Å². The van der Waals surface area contributed by atoms with Crippen molar-refractivity contribution in [1.29, 1.82) is 5.26 Å². The molecule has 86 valence electrons. The second-order valence-electron chi connectivity index (χ2n) is 3.97. The molecule has 0 amide bonds. The summed E-state index contributed by atoms with van der Waals surface area (Å²) in [5.41, 5.74) is 8.31. The van der Waals surface area contributed by atoms with Crippen LogP contribution < -0.4 is 5.73 Å². The van der Waals surface area contributed by atoms with Gasteiger partial charge in [0.05, 0.1) is 6.54 Å². The molecule has 2 heterocycles. The summed E-state index contributed by atoms with van der Waals surface area (Å²) in [7, 11) is 0. The topological polar surface area (TPSA) is 67.6 Å². The molecule has 0 spiro atoms. The van der Waals surface area contributed by atoms with Gasteiger partial charge < -0.3 is 10.3 Å². The van der Waals surface area contributed by atoms with Crippen LogP contribution in [0.3, 0.4) is 0 Å². The van der Waals surface area contributed by atoms with Crippen LogP contribution in [0.1, 0.15) is 29.9 Å². The molecule has 0 saturated heterocycles. The van der Waals surface area contributed by atoms with E-state index in [1.807, 2.05) is 42.0 Å². The van der Waals surface area contributed by atoms with Gasteiger partial charge in [-0.2, -0.15) is 5.26 Å². The van der Waals surface area contributed by atoms with Crippen molar-refractivity contribution in [3.8, 4) is 6.07 Å². The number of hydrogen-bond donors (Lipinski definition) is 1. The third kappa shape index (κ3) is 2.35. The Hall–Kier alpha value is -2.12. The molecule has 2 N–H and O–H groups in total. The van der Waals surface area contributed by atoms with Crippen LogP contribution in [0.2, 0.25) is 0 Å². The summed E-state index contributed by atoms with van der Waals surface area (Å²) in [5, 5.41) is 8.98. The van der Waals surface area contributed by atoms with Crippen LogP contribution in [0, 0.1) is 11.3 Å². The van der Waals surface area contributed by atoms with Gasteiger partial charge in [-0.1, -0.05) is 6.07 Å². The molecule has 4 heteroatoms. The quantitative estimate of drug-likeness (QED) is 0.868. The smallest absolute Gasteiger partial charge is 0.145 e. The summed E-state index contributed by atoms with van der Waals surface area (Å²) < 4.78 is 2.04. The molecule has 0 aromatic carbocycles. The standard InChI is InChI=1S/C13H14N4/c1-10(15)13-5-3-7-17(13)9-11-4-2-6-16-12(11)8-14/h2-7,10H,9,15H2,1H3. The van der Waals surface area contributed by atoms with Crippen LogP contribution in [0.25, 0.3) is 0 Å². The Morgan fingerprint density at radius 1 is 1.47 bits per heavy atom. The third-order valence-electron chi connectivity index (χ3n) is 2.67. The number of rotatable bonds is 3. The zero-order chi connectivity index (χ0) is 12.3. The highest BCUT2D eigenvalue weighted by Crippen LogP contribution is 2.14. The number of aromatic nitrogens is 2. The summed E-state index contributed by atoms with van der Waals surface area (Å²) in [6.45, 7) is 2.57. The van der Waals surface area contributed by atoms with Gasteiger partial charge in [-0.3, -0.25) is 0 Å². The highest BCUT2D eigenvalue weighted by Gasteiger charge is 2.08. The summed E-state index contributed by atoms with van der Waals surface area (Å²) in [6.07, 6.45) is 3.59. The number of nitrogens with two attached hydrogens (primary N) is 1. The first-order valence-electron chi connectivity index (χ1n) is 5.47. The van der Waals surface area contributed by atoms with Crippen molar-refractivity contribution in [2.45, 2.75) is 19.5 Å². The van der Waals surface area contributed by atoms with Crippen molar-refractivity contribution in [3.05, 3.63) is 53.6 Å². The van der Waals surface area contributed by atoms with Crippen molar-refractivity contribution in [2.75, 3.05) is 0 Å². The number of hydrogen-bond acceptors (Lipinski definition) is 3. The summed E-state index contributed by atoms with van der Waals surface area (Å²) >= 11 is 0. The fourth-order valence-electron chi connectivity index (χ4n) is 1.84. The molecule has 0 aliphatic carbocycles. The zero-order valence-corrected chi connectivity index (χ0v) is 9.67. The van der Waals surface area contributed by atoms with Gasteiger partial charge in [0.25, 0.3) is 0 Å². The first kappa shape index (κ1) is 11.4. The summed E-state index contributed by atoms with van der Waals surface area (Å²) in [5.74, 6) is 0. The molecule has 0 bridgehead atoms. The first-order chi connectivity index (χ1) is 8.22. The van der Waals surface area contributed by atoms with E-state index < -0.39 is 0 Å². The molecule has 0 saturated carbocycles. The van der Waals surface area contributed by atoms with Gasteiger partial charge in [0.1, 0.15) is 11.8 Å². The number of nitrogens with zero attached hydrogens (tertiary/aromatic N) is 3. The average Bonchev–Trinajstić information content (AvgIpc) is 2.78. The molecular formula is C13H14N4. The highest BCUT2D eigenvalue weighted by molar-refractivity contribution is 5.31. The molecule has 2 rings (SSSR count). The van der Waals surface area contributed by atoms with E-state index in [0.717, 1.165) is 11.3 Å². The van der Waals surface area contributed by atoms with Crippen LogP contribution in [0.4, 0.5) is 0 Å². The maximum Gasteiger partial charge on any atom is 0.145 e. The van der Waals surface area contributed by atoms with Gasteiger partial charge in [0.15, 0.2) is 0 Å². The van der Waals surface area contributed by atoms with Crippen LogP contribution in [-0.2, 0) is 6.54 Å².